The van der Waals surface area contributed by atoms with E-state index < -0.39 is 0 Å². The molecule has 3 aromatic carbocycles. The van der Waals surface area contributed by atoms with Gasteiger partial charge >= 0.3 is 0 Å². The molecule has 0 aliphatic carbocycles. The Bertz CT molecular complexity index is 972. The van der Waals surface area contributed by atoms with Crippen molar-refractivity contribution < 1.29 is 14.9 Å². The van der Waals surface area contributed by atoms with Gasteiger partial charge in [0, 0.05) is 0 Å². The molecule has 0 amide bonds. The molecule has 0 bridgehead atoms. The molecule has 144 valence electrons. The van der Waals surface area contributed by atoms with Gasteiger partial charge in [-0.15, -0.1) is 11.8 Å². The van der Waals surface area contributed by atoms with Gasteiger partial charge in [-0.1, -0.05) is 57.2 Å². The van der Waals surface area contributed by atoms with Crippen LogP contribution in [0.2, 0.25) is 0 Å². The Kier molecular flexibility index (Phi) is 4.76. The molecule has 0 saturated heterocycles. The molecule has 0 radical (unpaired) electrons. The number of hydrogen-bond acceptors (Lipinski definition) is 4. The molecular weight excluding hydrogens is 368 g/mol. The van der Waals surface area contributed by atoms with Gasteiger partial charge in [-0.05, 0) is 52.4 Å². The van der Waals surface area contributed by atoms with Crippen molar-refractivity contribution in [2.24, 2.45) is 0 Å². The van der Waals surface area contributed by atoms with Gasteiger partial charge in [0.15, 0.2) is 0 Å². The van der Waals surface area contributed by atoms with Gasteiger partial charge in [0.1, 0.15) is 23.4 Å². The fraction of sp³-hybridized carbons (Fsp3) is 0.250. The van der Waals surface area contributed by atoms with Gasteiger partial charge in [-0.25, -0.2) is 0 Å². The Labute approximate surface area is 170 Å². The van der Waals surface area contributed by atoms with E-state index in [0.717, 1.165) is 21.8 Å². The highest BCUT2D eigenvalue weighted by atomic mass is 32.2. The van der Waals surface area contributed by atoms with Crippen LogP contribution in [0.4, 0.5) is 0 Å². The van der Waals surface area contributed by atoms with Gasteiger partial charge in [0.05, 0.1) is 10.1 Å². The van der Waals surface area contributed by atoms with Crippen molar-refractivity contribution in [1.82, 2.24) is 0 Å². The van der Waals surface area contributed by atoms with Gasteiger partial charge < -0.3 is 14.9 Å². The van der Waals surface area contributed by atoms with Crippen LogP contribution in [-0.4, -0.2) is 10.2 Å². The van der Waals surface area contributed by atoms with Crippen molar-refractivity contribution in [3.05, 3.63) is 83.4 Å². The molecule has 0 fully saturated rings. The van der Waals surface area contributed by atoms with Crippen molar-refractivity contribution in [2.75, 3.05) is 0 Å². The summed E-state index contributed by atoms with van der Waals surface area (Å²) in [7, 11) is 0. The minimum absolute atomic E-state index is 0.00962. The number of ether oxygens (including phenoxy) is 1. The second kappa shape index (κ2) is 7.10. The van der Waals surface area contributed by atoms with Crippen LogP contribution in [0.3, 0.4) is 0 Å². The van der Waals surface area contributed by atoms with Gasteiger partial charge in [-0.3, -0.25) is 0 Å². The van der Waals surface area contributed by atoms with E-state index in [1.54, 1.807) is 36.0 Å². The lowest BCUT2D eigenvalue weighted by atomic mass is 9.86. The van der Waals surface area contributed by atoms with Crippen molar-refractivity contribution in [2.45, 2.75) is 42.4 Å². The molecule has 3 nitrogen and oxygen atoms in total. The number of thioether (sulfide) groups is 1. The Morgan fingerprint density at radius 2 is 1.39 bits per heavy atom. The highest BCUT2D eigenvalue weighted by Gasteiger charge is 2.33. The normalized spacial score (nSPS) is 19.0. The predicted molar refractivity (Wildman–Crippen MR) is 113 cm³/mol. The molecule has 28 heavy (non-hydrogen) atoms. The third-order valence-electron chi connectivity index (χ3n) is 5.04. The average Bonchev–Trinajstić information content (AvgIpc) is 2.67. The molecule has 3 aromatic rings. The maximum atomic E-state index is 9.87. The number of aromatic hydroxyl groups is 2. The molecule has 1 heterocycles. The molecule has 4 heteroatoms. The Morgan fingerprint density at radius 3 is 2.04 bits per heavy atom. The maximum absolute atomic E-state index is 9.87. The maximum Gasteiger partial charge on any atom is 0.140 e. The van der Waals surface area contributed by atoms with Crippen LogP contribution in [-0.2, 0) is 5.41 Å². The van der Waals surface area contributed by atoms with Gasteiger partial charge in [0.2, 0.25) is 0 Å². The summed E-state index contributed by atoms with van der Waals surface area (Å²) >= 11 is 1.68. The smallest absolute Gasteiger partial charge is 0.140 e. The van der Waals surface area contributed by atoms with Gasteiger partial charge in [-0.2, -0.15) is 0 Å². The van der Waals surface area contributed by atoms with E-state index in [2.05, 4.69) is 45.0 Å². The van der Waals surface area contributed by atoms with Crippen LogP contribution in [0, 0.1) is 0 Å². The molecule has 0 saturated carbocycles. The van der Waals surface area contributed by atoms with Crippen LogP contribution in [0.25, 0.3) is 0 Å². The number of hydrogen-bond donors (Lipinski definition) is 2. The van der Waals surface area contributed by atoms with Crippen LogP contribution in [0.5, 0.6) is 17.2 Å². The third kappa shape index (κ3) is 3.69. The second-order valence-corrected chi connectivity index (χ2v) is 9.35. The number of phenolic OH excluding ortho intramolecular Hbond substituents is 2. The van der Waals surface area contributed by atoms with E-state index in [1.165, 1.54) is 5.56 Å². The first-order valence-electron chi connectivity index (χ1n) is 9.37. The molecule has 0 aromatic heterocycles. The lowest BCUT2D eigenvalue weighted by molar-refractivity contribution is 0.190. The summed E-state index contributed by atoms with van der Waals surface area (Å²) in [5.41, 5.74) is 3.56. The zero-order valence-electron chi connectivity index (χ0n) is 16.2. The summed E-state index contributed by atoms with van der Waals surface area (Å²) in [6.45, 7) is 6.62. The van der Waals surface area contributed by atoms with E-state index in [1.807, 2.05) is 18.2 Å². The molecule has 4 rings (SSSR count). The first kappa shape index (κ1) is 18.8. The van der Waals surface area contributed by atoms with E-state index in [-0.39, 0.29) is 28.3 Å². The largest absolute Gasteiger partial charge is 0.508 e. The van der Waals surface area contributed by atoms with Crippen LogP contribution in [0.1, 0.15) is 48.8 Å². The van der Waals surface area contributed by atoms with Crippen molar-refractivity contribution in [3.8, 4) is 17.2 Å². The summed E-state index contributed by atoms with van der Waals surface area (Å²) in [4.78, 5) is 0.917. The Morgan fingerprint density at radius 1 is 0.786 bits per heavy atom. The number of rotatable bonds is 2. The topological polar surface area (TPSA) is 49.7 Å². The van der Waals surface area contributed by atoms with E-state index in [4.69, 9.17) is 4.74 Å². The Hall–Kier alpha value is -2.59. The van der Waals surface area contributed by atoms with Crippen LogP contribution in [0.15, 0.2) is 71.6 Å². The van der Waals surface area contributed by atoms with E-state index >= 15 is 0 Å². The molecular formula is C24H24O3S. The first-order valence-corrected chi connectivity index (χ1v) is 10.2. The summed E-state index contributed by atoms with van der Waals surface area (Å²) in [6.07, 6.45) is -0.166. The average molecular weight is 393 g/mol. The predicted octanol–water partition coefficient (Wildman–Crippen LogP) is 6.36. The van der Waals surface area contributed by atoms with Crippen molar-refractivity contribution >= 4 is 11.8 Å². The minimum Gasteiger partial charge on any atom is -0.508 e. The van der Waals surface area contributed by atoms with Crippen LogP contribution >= 0.6 is 11.8 Å². The highest BCUT2D eigenvalue weighted by Crippen LogP contribution is 2.54. The molecule has 0 spiro atoms. The molecule has 2 atom stereocenters. The fourth-order valence-electron chi connectivity index (χ4n) is 3.41. The van der Waals surface area contributed by atoms with Crippen LogP contribution < -0.4 is 4.74 Å². The number of fused-ring (bicyclic) bond motifs is 1. The Balaban J connectivity index is 1.75. The van der Waals surface area contributed by atoms with E-state index in [9.17, 15) is 10.2 Å². The lowest BCUT2D eigenvalue weighted by Gasteiger charge is -2.34. The number of benzene rings is 3. The molecule has 1 aliphatic heterocycles. The quantitative estimate of drug-likeness (QED) is 0.532. The first-order chi connectivity index (χ1) is 13.3. The van der Waals surface area contributed by atoms with Gasteiger partial charge in [0.25, 0.3) is 0 Å². The molecule has 2 unspecified atom stereocenters. The zero-order valence-corrected chi connectivity index (χ0v) is 17.0. The van der Waals surface area contributed by atoms with Crippen molar-refractivity contribution in [1.29, 1.82) is 0 Å². The summed E-state index contributed by atoms with van der Waals surface area (Å²) in [6, 6.07) is 21.1. The van der Waals surface area contributed by atoms with E-state index in [0.29, 0.717) is 0 Å². The SMILES string of the molecule is CC(C)(C)c1ccc(C2Oc3ccc(O)cc3SC2c2ccc(O)cc2)cc1. The fourth-order valence-corrected chi connectivity index (χ4v) is 4.73. The monoisotopic (exact) mass is 392 g/mol. The summed E-state index contributed by atoms with van der Waals surface area (Å²) in [5.74, 6) is 1.25. The molecule has 1 aliphatic rings. The summed E-state index contributed by atoms with van der Waals surface area (Å²) in [5, 5.41) is 19.5. The number of phenols is 2. The zero-order chi connectivity index (χ0) is 19.9. The standard InChI is InChI=1S/C24H24O3S/c1-24(2,3)17-8-4-15(5-9-17)22-23(16-6-10-18(25)11-7-16)28-21-14-19(26)12-13-20(21)27-22/h4-14,22-23,25-26H,1-3H3. The lowest BCUT2D eigenvalue weighted by Crippen LogP contribution is -2.19. The summed E-state index contributed by atoms with van der Waals surface area (Å²) < 4.78 is 6.40. The minimum atomic E-state index is -0.166. The highest BCUT2D eigenvalue weighted by molar-refractivity contribution is 7.99. The second-order valence-electron chi connectivity index (χ2n) is 8.17. The molecule has 2 N–H and O–H groups in total. The van der Waals surface area contributed by atoms with Crippen molar-refractivity contribution in [3.63, 3.8) is 0 Å². The third-order valence-corrected chi connectivity index (χ3v) is 6.38.